The summed E-state index contributed by atoms with van der Waals surface area (Å²) < 4.78 is 1.45. The average molecular weight is 287 g/mol. The summed E-state index contributed by atoms with van der Waals surface area (Å²) in [6.45, 7) is 5.63. The van der Waals surface area contributed by atoms with Crippen molar-refractivity contribution in [2.45, 2.75) is 27.3 Å². The number of carbonyl (C=O) groups excluding carboxylic acids is 1. The van der Waals surface area contributed by atoms with E-state index in [0.717, 1.165) is 0 Å². The van der Waals surface area contributed by atoms with Crippen molar-refractivity contribution >= 4 is 22.5 Å². The van der Waals surface area contributed by atoms with Crippen molar-refractivity contribution < 1.29 is 9.90 Å². The maximum absolute atomic E-state index is 12.4. The van der Waals surface area contributed by atoms with E-state index in [4.69, 9.17) is 0 Å². The molecule has 0 atom stereocenters. The van der Waals surface area contributed by atoms with E-state index >= 15 is 0 Å². The second kappa shape index (κ2) is 5.78. The first-order chi connectivity index (χ1) is 9.97. The van der Waals surface area contributed by atoms with Crippen molar-refractivity contribution in [3.05, 3.63) is 40.2 Å². The predicted octanol–water partition coefficient (Wildman–Crippen LogP) is 1.85. The van der Waals surface area contributed by atoms with Crippen molar-refractivity contribution in [3.63, 3.8) is 0 Å². The fraction of sp³-hybridized carbons (Fsp3) is 0.267. The monoisotopic (exact) mass is 287 g/mol. The van der Waals surface area contributed by atoms with Gasteiger partial charge in [-0.05, 0) is 32.9 Å². The van der Waals surface area contributed by atoms with Gasteiger partial charge in [-0.3, -0.25) is 9.59 Å². The number of nitrogens with zero attached hydrogens (tertiary/aromatic N) is 2. The van der Waals surface area contributed by atoms with Crippen LogP contribution in [0.5, 0.6) is 5.75 Å². The number of benzene rings is 1. The van der Waals surface area contributed by atoms with Crippen molar-refractivity contribution in [1.82, 2.24) is 9.99 Å². The molecule has 0 unspecified atom stereocenters. The summed E-state index contributed by atoms with van der Waals surface area (Å²) in [4.78, 5) is 24.5. The van der Waals surface area contributed by atoms with Crippen LogP contribution >= 0.6 is 0 Å². The molecule has 0 spiro atoms. The highest BCUT2D eigenvalue weighted by Crippen LogP contribution is 2.26. The van der Waals surface area contributed by atoms with Gasteiger partial charge in [-0.1, -0.05) is 12.1 Å². The highest BCUT2D eigenvalue weighted by Gasteiger charge is 2.21. The number of hydrazone groups is 1. The summed E-state index contributed by atoms with van der Waals surface area (Å²) in [5.74, 6) is -1.03. The largest absolute Gasteiger partial charge is 0.506 e. The van der Waals surface area contributed by atoms with E-state index in [0.29, 0.717) is 23.2 Å². The summed E-state index contributed by atoms with van der Waals surface area (Å²) in [6, 6.07) is 6.91. The first kappa shape index (κ1) is 14.8. The summed E-state index contributed by atoms with van der Waals surface area (Å²) in [7, 11) is 0. The average Bonchev–Trinajstić information content (AvgIpc) is 2.46. The van der Waals surface area contributed by atoms with Gasteiger partial charge in [0.1, 0.15) is 11.3 Å². The number of nitrogens with one attached hydrogen (secondary N) is 1. The highest BCUT2D eigenvalue weighted by atomic mass is 16.3. The van der Waals surface area contributed by atoms with Crippen molar-refractivity contribution in [1.29, 1.82) is 0 Å². The minimum Gasteiger partial charge on any atom is -0.506 e. The fourth-order valence-electron chi connectivity index (χ4n) is 2.13. The molecule has 6 heteroatoms. The number of amides is 1. The van der Waals surface area contributed by atoms with E-state index in [9.17, 15) is 14.7 Å². The van der Waals surface area contributed by atoms with E-state index in [1.165, 1.54) is 4.57 Å². The zero-order valence-corrected chi connectivity index (χ0v) is 12.2. The SMILES string of the molecule is CCn1c(=O)c(C(=O)NN=C(C)C)c(O)c2ccccc21. The van der Waals surface area contributed by atoms with Crippen LogP contribution < -0.4 is 11.0 Å². The number of aromatic nitrogens is 1. The van der Waals surface area contributed by atoms with E-state index in [2.05, 4.69) is 10.5 Å². The van der Waals surface area contributed by atoms with Crippen LogP contribution in [0.4, 0.5) is 0 Å². The minimum absolute atomic E-state index is 0.291. The molecule has 0 aliphatic rings. The second-order valence-electron chi connectivity index (χ2n) is 4.79. The Hall–Kier alpha value is -2.63. The third-order valence-electron chi connectivity index (χ3n) is 3.07. The van der Waals surface area contributed by atoms with Gasteiger partial charge in [0.2, 0.25) is 0 Å². The summed E-state index contributed by atoms with van der Waals surface area (Å²) in [5, 5.41) is 14.5. The number of para-hydroxylation sites is 1. The number of aromatic hydroxyl groups is 1. The molecule has 0 bridgehead atoms. The zero-order chi connectivity index (χ0) is 15.6. The second-order valence-corrected chi connectivity index (χ2v) is 4.79. The Balaban J connectivity index is 2.72. The molecule has 1 aromatic carbocycles. The van der Waals surface area contributed by atoms with Gasteiger partial charge in [-0.2, -0.15) is 5.10 Å². The van der Waals surface area contributed by atoms with Gasteiger partial charge in [0, 0.05) is 17.6 Å². The molecule has 2 aromatic rings. The molecule has 2 N–H and O–H groups in total. The molecule has 1 aromatic heterocycles. The van der Waals surface area contributed by atoms with Gasteiger partial charge < -0.3 is 9.67 Å². The first-order valence-electron chi connectivity index (χ1n) is 6.63. The Morgan fingerprint density at radius 1 is 1.33 bits per heavy atom. The predicted molar refractivity (Wildman–Crippen MR) is 81.8 cm³/mol. The van der Waals surface area contributed by atoms with Crippen LogP contribution in [-0.4, -0.2) is 21.3 Å². The molecule has 0 saturated carbocycles. The quantitative estimate of drug-likeness (QED) is 0.667. The molecular formula is C15H17N3O3. The van der Waals surface area contributed by atoms with Crippen molar-refractivity contribution in [3.8, 4) is 5.75 Å². The lowest BCUT2D eigenvalue weighted by molar-refractivity contribution is 0.0950. The van der Waals surface area contributed by atoms with E-state index in [1.54, 1.807) is 45.0 Å². The van der Waals surface area contributed by atoms with Crippen LogP contribution in [0.15, 0.2) is 34.2 Å². The molecule has 21 heavy (non-hydrogen) atoms. The molecule has 0 aliphatic carbocycles. The Bertz CT molecular complexity index is 787. The maximum Gasteiger partial charge on any atom is 0.280 e. The molecule has 2 rings (SSSR count). The van der Waals surface area contributed by atoms with Crippen LogP contribution in [0.25, 0.3) is 10.9 Å². The van der Waals surface area contributed by atoms with Gasteiger partial charge in [0.25, 0.3) is 11.5 Å². The topological polar surface area (TPSA) is 83.7 Å². The molecule has 1 amide bonds. The third-order valence-corrected chi connectivity index (χ3v) is 3.07. The van der Waals surface area contributed by atoms with E-state index in [1.807, 2.05) is 0 Å². The Morgan fingerprint density at radius 3 is 2.62 bits per heavy atom. The Labute approximate surface area is 121 Å². The molecule has 0 saturated heterocycles. The number of hydrogen-bond acceptors (Lipinski definition) is 4. The number of aryl methyl sites for hydroxylation is 1. The molecule has 110 valence electrons. The lowest BCUT2D eigenvalue weighted by Gasteiger charge is -2.12. The standard InChI is InChI=1S/C15H17N3O3/c1-4-18-11-8-6-5-7-10(11)13(19)12(15(18)21)14(20)17-16-9(2)3/h5-8,19H,4H2,1-3H3,(H,17,20). The number of pyridine rings is 1. The van der Waals surface area contributed by atoms with Crippen LogP contribution in [0.3, 0.4) is 0 Å². The van der Waals surface area contributed by atoms with Gasteiger partial charge in [0.05, 0.1) is 5.52 Å². The van der Waals surface area contributed by atoms with Crippen molar-refractivity contribution in [2.24, 2.45) is 5.10 Å². The van der Waals surface area contributed by atoms with Crippen LogP contribution in [0, 0.1) is 0 Å². The number of carbonyl (C=O) groups is 1. The van der Waals surface area contributed by atoms with Gasteiger partial charge >= 0.3 is 0 Å². The fourth-order valence-corrected chi connectivity index (χ4v) is 2.13. The normalized spacial score (nSPS) is 10.4. The van der Waals surface area contributed by atoms with Crippen LogP contribution in [0.2, 0.25) is 0 Å². The highest BCUT2D eigenvalue weighted by molar-refractivity contribution is 6.02. The maximum atomic E-state index is 12.4. The Morgan fingerprint density at radius 2 is 2.00 bits per heavy atom. The lowest BCUT2D eigenvalue weighted by Crippen LogP contribution is -2.31. The Kier molecular flexibility index (Phi) is 4.07. The van der Waals surface area contributed by atoms with Gasteiger partial charge in [-0.15, -0.1) is 0 Å². The van der Waals surface area contributed by atoms with Crippen LogP contribution in [0.1, 0.15) is 31.1 Å². The molecule has 1 heterocycles. The number of rotatable bonds is 3. The minimum atomic E-state index is -0.716. The summed E-state index contributed by atoms with van der Waals surface area (Å²) >= 11 is 0. The van der Waals surface area contributed by atoms with Crippen LogP contribution in [-0.2, 0) is 6.54 Å². The molecule has 0 aliphatic heterocycles. The molecule has 0 fully saturated rings. The van der Waals surface area contributed by atoms with E-state index in [-0.39, 0.29) is 11.3 Å². The van der Waals surface area contributed by atoms with Gasteiger partial charge in [0.15, 0.2) is 0 Å². The molecular weight excluding hydrogens is 270 g/mol. The molecule has 6 nitrogen and oxygen atoms in total. The summed E-state index contributed by atoms with van der Waals surface area (Å²) in [6.07, 6.45) is 0. The summed E-state index contributed by atoms with van der Waals surface area (Å²) in [5.41, 5.74) is 2.68. The van der Waals surface area contributed by atoms with E-state index < -0.39 is 11.5 Å². The molecule has 0 radical (unpaired) electrons. The number of fused-ring (bicyclic) bond motifs is 1. The van der Waals surface area contributed by atoms with Crippen molar-refractivity contribution in [2.75, 3.05) is 0 Å². The first-order valence-corrected chi connectivity index (χ1v) is 6.63. The third kappa shape index (κ3) is 2.65. The smallest absolute Gasteiger partial charge is 0.280 e. The number of hydrogen-bond donors (Lipinski definition) is 2. The lowest BCUT2D eigenvalue weighted by atomic mass is 10.1. The zero-order valence-electron chi connectivity index (χ0n) is 12.2. The van der Waals surface area contributed by atoms with Gasteiger partial charge in [-0.25, -0.2) is 5.43 Å².